The van der Waals surface area contributed by atoms with Crippen molar-refractivity contribution in [3.8, 4) is 0 Å². The third kappa shape index (κ3) is 4.87. The fourth-order valence-electron chi connectivity index (χ4n) is 4.38. The van der Waals surface area contributed by atoms with Crippen LogP contribution >= 0.6 is 23.2 Å². The van der Waals surface area contributed by atoms with Crippen LogP contribution in [0.15, 0.2) is 70.1 Å². The number of nitrogens with one attached hydrogen (secondary N) is 1. The lowest BCUT2D eigenvalue weighted by molar-refractivity contribution is -0.117. The van der Waals surface area contributed by atoms with E-state index < -0.39 is 0 Å². The fraction of sp³-hybridized carbons (Fsp3) is 0.360. The number of nitrogens with zero attached hydrogens (tertiary/aromatic N) is 4. The lowest BCUT2D eigenvalue weighted by atomic mass is 9.74. The number of anilines is 1. The highest BCUT2D eigenvalue weighted by atomic mass is 35.5. The normalized spacial score (nSPS) is 20.3. The van der Waals surface area contributed by atoms with Crippen LogP contribution in [0.1, 0.15) is 31.7 Å². The summed E-state index contributed by atoms with van der Waals surface area (Å²) < 4.78 is 5.62. The molecule has 178 valence electrons. The number of allylic oxidation sites excluding steroid dienone is 1. The molecule has 4 rings (SSSR count). The summed E-state index contributed by atoms with van der Waals surface area (Å²) in [4.78, 5) is 28.3. The van der Waals surface area contributed by atoms with Crippen LogP contribution in [0.2, 0.25) is 5.02 Å². The van der Waals surface area contributed by atoms with Gasteiger partial charge in [0.15, 0.2) is 0 Å². The van der Waals surface area contributed by atoms with Gasteiger partial charge in [-0.15, -0.1) is 0 Å². The second-order valence-electron chi connectivity index (χ2n) is 8.22. The molecule has 0 atom stereocenters. The number of aliphatic imine (C=N–C) groups is 1. The predicted molar refractivity (Wildman–Crippen MR) is 135 cm³/mol. The Morgan fingerprint density at radius 2 is 1.88 bits per heavy atom. The molecule has 9 heteroatoms. The number of carbonyl (C=O) groups excluding carboxylic acids is 1. The van der Waals surface area contributed by atoms with Gasteiger partial charge >= 0.3 is 0 Å². The molecular formula is C25H27Cl2N5O2. The van der Waals surface area contributed by atoms with Crippen molar-refractivity contribution >= 4 is 40.9 Å². The topological polar surface area (TPSA) is 79.7 Å². The Bertz CT molecular complexity index is 1120. The van der Waals surface area contributed by atoms with Gasteiger partial charge < -0.3 is 10.1 Å². The molecule has 7 nitrogen and oxygen atoms in total. The van der Waals surface area contributed by atoms with Crippen LogP contribution in [0.25, 0.3) is 0 Å². The zero-order valence-electron chi connectivity index (χ0n) is 19.2. The van der Waals surface area contributed by atoms with Gasteiger partial charge in [-0.3, -0.25) is 14.7 Å². The van der Waals surface area contributed by atoms with Gasteiger partial charge in [-0.25, -0.2) is 9.97 Å². The number of amides is 1. The number of halogens is 2. The van der Waals surface area contributed by atoms with Crippen LogP contribution in [0, 0.1) is 0 Å². The van der Waals surface area contributed by atoms with Gasteiger partial charge in [0.25, 0.3) is 5.91 Å². The van der Waals surface area contributed by atoms with Crippen molar-refractivity contribution in [2.24, 2.45) is 4.99 Å². The summed E-state index contributed by atoms with van der Waals surface area (Å²) in [6, 6.07) is 9.58. The number of hydrogen-bond donors (Lipinski definition) is 1. The number of ether oxygens (including phenoxy) is 1. The van der Waals surface area contributed by atoms with Crippen molar-refractivity contribution in [3.05, 3.63) is 75.7 Å². The van der Waals surface area contributed by atoms with E-state index in [4.69, 9.17) is 27.9 Å². The maximum Gasteiger partial charge on any atom is 0.253 e. The van der Waals surface area contributed by atoms with E-state index in [-0.39, 0.29) is 11.3 Å². The molecule has 0 saturated carbocycles. The Morgan fingerprint density at radius 3 is 2.50 bits per heavy atom. The van der Waals surface area contributed by atoms with E-state index in [2.05, 4.69) is 20.3 Å². The van der Waals surface area contributed by atoms with E-state index in [0.29, 0.717) is 59.2 Å². The van der Waals surface area contributed by atoms with Crippen LogP contribution in [-0.2, 0) is 14.9 Å². The van der Waals surface area contributed by atoms with Crippen molar-refractivity contribution in [1.82, 2.24) is 15.3 Å². The molecule has 1 aromatic carbocycles. The number of amidine groups is 1. The first-order chi connectivity index (χ1) is 16.5. The minimum atomic E-state index is -0.236. The van der Waals surface area contributed by atoms with E-state index in [1.807, 2.05) is 31.2 Å². The van der Waals surface area contributed by atoms with Crippen LogP contribution < -0.4 is 10.2 Å². The molecule has 0 aliphatic carbocycles. The van der Waals surface area contributed by atoms with Crippen LogP contribution in [0.4, 0.5) is 5.95 Å². The number of hydrogen-bond acceptors (Lipinski definition) is 5. The second-order valence-corrected chi connectivity index (χ2v) is 9.12. The Labute approximate surface area is 209 Å². The van der Waals surface area contributed by atoms with Crippen LogP contribution in [0.5, 0.6) is 0 Å². The van der Waals surface area contributed by atoms with E-state index in [1.54, 1.807) is 36.6 Å². The smallest absolute Gasteiger partial charge is 0.253 e. The van der Waals surface area contributed by atoms with Gasteiger partial charge in [-0.2, -0.15) is 0 Å². The highest BCUT2D eigenvalue weighted by molar-refractivity contribution is 6.36. The average molecular weight is 500 g/mol. The van der Waals surface area contributed by atoms with Crippen LogP contribution in [0.3, 0.4) is 0 Å². The summed E-state index contributed by atoms with van der Waals surface area (Å²) >= 11 is 12.7. The molecule has 1 amide bonds. The lowest BCUT2D eigenvalue weighted by Crippen LogP contribution is -2.45. The molecule has 0 bridgehead atoms. The quantitative estimate of drug-likeness (QED) is 0.626. The molecule has 1 N–H and O–H groups in total. The first-order valence-corrected chi connectivity index (χ1v) is 12.0. The summed E-state index contributed by atoms with van der Waals surface area (Å²) in [5.41, 5.74) is 1.95. The van der Waals surface area contributed by atoms with Crippen molar-refractivity contribution in [2.45, 2.75) is 31.6 Å². The number of rotatable bonds is 6. The summed E-state index contributed by atoms with van der Waals surface area (Å²) in [7, 11) is 1.66. The molecule has 1 saturated heterocycles. The van der Waals surface area contributed by atoms with Gasteiger partial charge in [0, 0.05) is 66.4 Å². The minimum Gasteiger partial charge on any atom is -0.381 e. The predicted octanol–water partition coefficient (Wildman–Crippen LogP) is 4.63. The van der Waals surface area contributed by atoms with E-state index >= 15 is 0 Å². The summed E-state index contributed by atoms with van der Waals surface area (Å²) in [5.74, 6) is 0.744. The largest absolute Gasteiger partial charge is 0.381 e. The van der Waals surface area contributed by atoms with E-state index in [1.165, 1.54) is 0 Å². The number of benzene rings is 1. The lowest BCUT2D eigenvalue weighted by Gasteiger charge is -2.38. The summed E-state index contributed by atoms with van der Waals surface area (Å²) in [6.45, 7) is 3.68. The van der Waals surface area contributed by atoms with Crippen molar-refractivity contribution in [1.29, 1.82) is 0 Å². The molecule has 0 unspecified atom stereocenters. The molecule has 3 heterocycles. The molecule has 0 spiro atoms. The van der Waals surface area contributed by atoms with Crippen molar-refractivity contribution in [2.75, 3.05) is 31.7 Å². The standard InChI is InChI=1S/C25H27Cl2N5O2/c1-3-20(27)21-19(15-32(22(21)28-2)24-29-11-4-12-30-24)23(33)31-16-25(9-13-34-14-10-25)17-5-7-18(26)8-6-17/h4-8,11-12,15H,3,9-10,13-14,16H2,1-2H3,(H,31,33)/b21-20+,28-22?. The second kappa shape index (κ2) is 10.7. The van der Waals surface area contributed by atoms with Gasteiger partial charge in [0.2, 0.25) is 5.95 Å². The highest BCUT2D eigenvalue weighted by Crippen LogP contribution is 2.36. The third-order valence-corrected chi connectivity index (χ3v) is 6.99. The Hall–Kier alpha value is -2.74. The zero-order valence-corrected chi connectivity index (χ0v) is 20.7. The maximum absolute atomic E-state index is 13.5. The molecule has 2 aliphatic rings. The summed E-state index contributed by atoms with van der Waals surface area (Å²) in [6.07, 6.45) is 7.17. The van der Waals surface area contributed by atoms with Crippen molar-refractivity contribution < 1.29 is 9.53 Å². The third-order valence-electron chi connectivity index (χ3n) is 6.28. The fourth-order valence-corrected chi connectivity index (χ4v) is 4.69. The summed E-state index contributed by atoms with van der Waals surface area (Å²) in [5, 5.41) is 4.40. The first kappa shape index (κ1) is 24.4. The maximum atomic E-state index is 13.5. The average Bonchev–Trinajstić information content (AvgIpc) is 3.28. The van der Waals surface area contributed by atoms with Gasteiger partial charge in [-0.1, -0.05) is 42.3 Å². The molecule has 1 aromatic heterocycles. The molecule has 0 radical (unpaired) electrons. The Morgan fingerprint density at radius 1 is 1.21 bits per heavy atom. The Balaban J connectivity index is 1.64. The van der Waals surface area contributed by atoms with E-state index in [0.717, 1.165) is 18.4 Å². The minimum absolute atomic E-state index is 0.221. The molecule has 2 aliphatic heterocycles. The Kier molecular flexibility index (Phi) is 7.66. The monoisotopic (exact) mass is 499 g/mol. The van der Waals surface area contributed by atoms with Gasteiger partial charge in [-0.05, 0) is 43.0 Å². The molecular weight excluding hydrogens is 473 g/mol. The molecule has 1 fully saturated rings. The first-order valence-electron chi connectivity index (χ1n) is 11.3. The van der Waals surface area contributed by atoms with Crippen LogP contribution in [-0.4, -0.2) is 48.5 Å². The SMILES string of the molecule is CC/C(Cl)=C1/C(C(=O)NCC2(c3ccc(Cl)cc3)CCOCC2)=CN(c2ncccn2)C1=NC. The number of aromatic nitrogens is 2. The van der Waals surface area contributed by atoms with Crippen molar-refractivity contribution in [3.63, 3.8) is 0 Å². The van der Waals surface area contributed by atoms with E-state index in [9.17, 15) is 4.79 Å². The number of carbonyl (C=O) groups is 1. The van der Waals surface area contributed by atoms with Gasteiger partial charge in [0.05, 0.1) is 5.57 Å². The van der Waals surface area contributed by atoms with Gasteiger partial charge in [0.1, 0.15) is 5.84 Å². The highest BCUT2D eigenvalue weighted by Gasteiger charge is 2.37. The molecule has 34 heavy (non-hydrogen) atoms. The zero-order chi connectivity index (χ0) is 24.1. The molecule has 2 aromatic rings.